The first-order chi connectivity index (χ1) is 13.7. The van der Waals surface area contributed by atoms with E-state index >= 15 is 0 Å². The zero-order valence-electron chi connectivity index (χ0n) is 19.1. The van der Waals surface area contributed by atoms with Crippen LogP contribution in [0.2, 0.25) is 0 Å². The van der Waals surface area contributed by atoms with Crippen LogP contribution in [-0.2, 0) is 10.8 Å². The van der Waals surface area contributed by atoms with Gasteiger partial charge in [-0.05, 0) is 85.5 Å². The van der Waals surface area contributed by atoms with E-state index in [1.54, 1.807) is 0 Å². The van der Waals surface area contributed by atoms with Crippen molar-refractivity contribution in [1.82, 2.24) is 0 Å². The van der Waals surface area contributed by atoms with Gasteiger partial charge >= 0.3 is 0 Å². The van der Waals surface area contributed by atoms with Crippen LogP contribution in [0.15, 0.2) is 49.1 Å². The summed E-state index contributed by atoms with van der Waals surface area (Å²) in [4.78, 5) is 0. The van der Waals surface area contributed by atoms with E-state index < -0.39 is 0 Å². The third-order valence-electron chi connectivity index (χ3n) is 8.20. The molecule has 29 heavy (non-hydrogen) atoms. The zero-order valence-corrected chi connectivity index (χ0v) is 19.1. The topological polar surface area (TPSA) is 0 Å². The molecule has 3 aromatic rings. The van der Waals surface area contributed by atoms with Crippen LogP contribution in [0.25, 0.3) is 33.7 Å². The van der Waals surface area contributed by atoms with Crippen molar-refractivity contribution in [1.29, 1.82) is 0 Å². The Balaban J connectivity index is 2.25. The summed E-state index contributed by atoms with van der Waals surface area (Å²) >= 11 is 0. The summed E-state index contributed by atoms with van der Waals surface area (Å²) in [5.41, 5.74) is 5.84. The maximum atomic E-state index is 4.20. The Hall–Kier alpha value is -2.34. The highest BCUT2D eigenvalue weighted by Crippen LogP contribution is 2.54. The molecule has 2 unspecified atom stereocenters. The van der Waals surface area contributed by atoms with Gasteiger partial charge in [0.2, 0.25) is 0 Å². The molecule has 0 heteroatoms. The minimum atomic E-state index is 0.142. The summed E-state index contributed by atoms with van der Waals surface area (Å²) in [6.45, 7) is 20.9. The molecule has 0 nitrogen and oxygen atoms in total. The molecule has 4 rings (SSSR count). The molecule has 0 saturated heterocycles. The summed E-state index contributed by atoms with van der Waals surface area (Å²) in [5.74, 6) is 1.24. The lowest BCUT2D eigenvalue weighted by atomic mass is 9.53. The van der Waals surface area contributed by atoms with Gasteiger partial charge in [-0.3, -0.25) is 0 Å². The fraction of sp³-hybridized carbons (Fsp3) is 0.379. The average molecular weight is 383 g/mol. The fourth-order valence-electron chi connectivity index (χ4n) is 5.66. The molecule has 0 heterocycles. The fourth-order valence-corrected chi connectivity index (χ4v) is 5.66. The van der Waals surface area contributed by atoms with E-state index in [0.29, 0.717) is 11.8 Å². The van der Waals surface area contributed by atoms with Crippen LogP contribution in [-0.4, -0.2) is 0 Å². The van der Waals surface area contributed by atoms with Gasteiger partial charge in [-0.25, -0.2) is 0 Å². The van der Waals surface area contributed by atoms with E-state index in [9.17, 15) is 0 Å². The minimum absolute atomic E-state index is 0.142. The second-order valence-electron chi connectivity index (χ2n) is 10.0. The van der Waals surface area contributed by atoms with Gasteiger partial charge in [-0.15, -0.1) is 0 Å². The molecule has 1 aliphatic carbocycles. The van der Waals surface area contributed by atoms with E-state index in [0.717, 1.165) is 0 Å². The lowest BCUT2D eigenvalue weighted by molar-refractivity contribution is 0.145. The molecule has 150 valence electrons. The standard InChI is InChI=1S/C29H34/c1-9-13-21-20(10-2)24-16-26-27(17-25(24)23-15-12-11-14-22(21)23)29(7,8)19(4)18(3)28(26,5)6/h9-19H,2H2,1,3-8H3/b13-9-. The zero-order chi connectivity index (χ0) is 21.1. The van der Waals surface area contributed by atoms with E-state index in [1.807, 2.05) is 6.08 Å². The average Bonchev–Trinajstić information content (AvgIpc) is 2.71. The summed E-state index contributed by atoms with van der Waals surface area (Å²) in [6, 6.07) is 13.8. The Labute approximate surface area is 176 Å². The first-order valence-corrected chi connectivity index (χ1v) is 10.9. The van der Waals surface area contributed by atoms with Gasteiger partial charge in [-0.1, -0.05) is 90.6 Å². The maximum Gasteiger partial charge on any atom is -0.00719 e. The minimum Gasteiger partial charge on any atom is -0.0984 e. The van der Waals surface area contributed by atoms with E-state index in [4.69, 9.17) is 0 Å². The van der Waals surface area contributed by atoms with Crippen LogP contribution in [0.5, 0.6) is 0 Å². The highest BCUT2D eigenvalue weighted by Gasteiger charge is 2.47. The molecular weight excluding hydrogens is 348 g/mol. The molecule has 1 aliphatic rings. The van der Waals surface area contributed by atoms with Crippen molar-refractivity contribution in [2.75, 3.05) is 0 Å². The Morgan fingerprint density at radius 1 is 0.759 bits per heavy atom. The predicted molar refractivity (Wildman–Crippen MR) is 131 cm³/mol. The molecule has 0 bridgehead atoms. The van der Waals surface area contributed by atoms with Crippen molar-refractivity contribution < 1.29 is 0 Å². The van der Waals surface area contributed by atoms with E-state index in [-0.39, 0.29) is 10.8 Å². The van der Waals surface area contributed by atoms with Crippen molar-refractivity contribution in [2.24, 2.45) is 11.8 Å². The second kappa shape index (κ2) is 6.59. The highest BCUT2D eigenvalue weighted by atomic mass is 14.5. The largest absolute Gasteiger partial charge is 0.0984 e. The van der Waals surface area contributed by atoms with Gasteiger partial charge in [0, 0.05) is 0 Å². The van der Waals surface area contributed by atoms with Crippen LogP contribution in [0.3, 0.4) is 0 Å². The smallest absolute Gasteiger partial charge is 0.00719 e. The molecule has 0 spiro atoms. The first kappa shape index (κ1) is 20.0. The summed E-state index contributed by atoms with van der Waals surface area (Å²) in [5, 5.41) is 5.33. The lowest BCUT2D eigenvalue weighted by Crippen LogP contribution is -2.46. The molecule has 0 N–H and O–H groups in total. The molecule has 0 radical (unpaired) electrons. The third-order valence-corrected chi connectivity index (χ3v) is 8.20. The molecule has 0 amide bonds. The summed E-state index contributed by atoms with van der Waals surface area (Å²) < 4.78 is 0. The van der Waals surface area contributed by atoms with E-state index in [1.165, 1.54) is 43.8 Å². The number of allylic oxidation sites excluding steroid dienone is 1. The van der Waals surface area contributed by atoms with Gasteiger partial charge in [0.05, 0.1) is 0 Å². The number of hydrogen-bond donors (Lipinski definition) is 0. The first-order valence-electron chi connectivity index (χ1n) is 10.9. The Morgan fingerprint density at radius 2 is 1.28 bits per heavy atom. The summed E-state index contributed by atoms with van der Waals surface area (Å²) in [6.07, 6.45) is 6.41. The van der Waals surface area contributed by atoms with Crippen LogP contribution in [0.4, 0.5) is 0 Å². The van der Waals surface area contributed by atoms with Crippen LogP contribution < -0.4 is 0 Å². The Kier molecular flexibility index (Phi) is 4.53. The van der Waals surface area contributed by atoms with Crippen LogP contribution >= 0.6 is 0 Å². The second-order valence-corrected chi connectivity index (χ2v) is 10.0. The molecule has 0 saturated carbocycles. The van der Waals surface area contributed by atoms with Crippen molar-refractivity contribution >= 4 is 33.7 Å². The van der Waals surface area contributed by atoms with Gasteiger partial charge in [0.15, 0.2) is 0 Å². The maximum absolute atomic E-state index is 4.20. The third kappa shape index (κ3) is 2.65. The normalized spacial score (nSPS) is 22.9. The number of fused-ring (bicyclic) bond motifs is 4. The number of benzene rings is 3. The molecule has 0 fully saturated rings. The Morgan fingerprint density at radius 3 is 1.79 bits per heavy atom. The van der Waals surface area contributed by atoms with Gasteiger partial charge in [0.1, 0.15) is 0 Å². The van der Waals surface area contributed by atoms with Crippen LogP contribution in [0, 0.1) is 11.8 Å². The highest BCUT2D eigenvalue weighted by molar-refractivity contribution is 6.15. The lowest BCUT2D eigenvalue weighted by Gasteiger charge is -2.51. The van der Waals surface area contributed by atoms with Crippen molar-refractivity contribution in [3.63, 3.8) is 0 Å². The van der Waals surface area contributed by atoms with Gasteiger partial charge in [-0.2, -0.15) is 0 Å². The molecule has 3 aromatic carbocycles. The SMILES string of the molecule is C=Cc1c(/C=C\C)c2ccccc2c2cc3c(cc12)C(C)(C)C(C)C(C)C3(C)C. The number of hydrogen-bond acceptors (Lipinski definition) is 0. The van der Waals surface area contributed by atoms with Gasteiger partial charge < -0.3 is 0 Å². The van der Waals surface area contributed by atoms with Crippen LogP contribution in [0.1, 0.15) is 70.7 Å². The van der Waals surface area contributed by atoms with Crippen molar-refractivity contribution in [3.05, 3.63) is 71.3 Å². The van der Waals surface area contributed by atoms with Crippen molar-refractivity contribution in [2.45, 2.75) is 59.3 Å². The summed E-state index contributed by atoms with van der Waals surface area (Å²) in [7, 11) is 0. The molecule has 0 aromatic heterocycles. The monoisotopic (exact) mass is 382 g/mol. The quantitative estimate of drug-likeness (QED) is 0.390. The molecule has 2 atom stereocenters. The molecular formula is C29H34. The predicted octanol–water partition coefficient (Wildman–Crippen LogP) is 8.51. The van der Waals surface area contributed by atoms with Crippen molar-refractivity contribution in [3.8, 4) is 0 Å². The van der Waals surface area contributed by atoms with E-state index in [2.05, 4.69) is 104 Å². The Bertz CT molecular complexity index is 1150. The van der Waals surface area contributed by atoms with Gasteiger partial charge in [0.25, 0.3) is 0 Å². The number of rotatable bonds is 2. The molecule has 0 aliphatic heterocycles.